The summed E-state index contributed by atoms with van der Waals surface area (Å²) >= 11 is 0. The second-order valence-electron chi connectivity index (χ2n) is 6.22. The van der Waals surface area contributed by atoms with E-state index in [4.69, 9.17) is 0 Å². The van der Waals surface area contributed by atoms with Crippen LogP contribution in [0.5, 0.6) is 0 Å². The number of aryl methyl sites for hydroxylation is 2. The van der Waals surface area contributed by atoms with Gasteiger partial charge >= 0.3 is 0 Å². The van der Waals surface area contributed by atoms with Crippen molar-refractivity contribution in [3.8, 4) is 0 Å². The molecule has 0 saturated heterocycles. The number of anilines is 2. The van der Waals surface area contributed by atoms with Crippen LogP contribution < -0.4 is 10.0 Å². The number of carbonyl (C=O) groups excluding carboxylic acids is 1. The van der Waals surface area contributed by atoms with Gasteiger partial charge in [0.15, 0.2) is 0 Å². The van der Waals surface area contributed by atoms with Crippen molar-refractivity contribution in [1.82, 2.24) is 0 Å². The van der Waals surface area contributed by atoms with Crippen LogP contribution in [0.25, 0.3) is 0 Å². The van der Waals surface area contributed by atoms with Gasteiger partial charge in [-0.15, -0.1) is 0 Å². The largest absolute Gasteiger partial charge is 0.322 e. The first-order valence-electron chi connectivity index (χ1n) is 8.42. The van der Waals surface area contributed by atoms with E-state index < -0.39 is 10.0 Å². The molecule has 0 atom stereocenters. The van der Waals surface area contributed by atoms with E-state index in [-0.39, 0.29) is 22.1 Å². The fourth-order valence-electron chi connectivity index (χ4n) is 2.57. The Morgan fingerprint density at radius 1 is 0.815 bits per heavy atom. The summed E-state index contributed by atoms with van der Waals surface area (Å²) in [7, 11) is -3.81. The molecule has 138 valence electrons. The van der Waals surface area contributed by atoms with Gasteiger partial charge in [0.25, 0.3) is 15.9 Å². The van der Waals surface area contributed by atoms with E-state index in [0.717, 1.165) is 11.1 Å². The van der Waals surface area contributed by atoms with Gasteiger partial charge in [-0.1, -0.05) is 36.4 Å². The number of hydrogen-bond donors (Lipinski definition) is 2. The molecule has 1 amide bonds. The number of amides is 1. The minimum atomic E-state index is -3.81. The second kappa shape index (κ2) is 7.63. The third-order valence-electron chi connectivity index (χ3n) is 4.24. The summed E-state index contributed by atoms with van der Waals surface area (Å²) < 4.78 is 28.0. The summed E-state index contributed by atoms with van der Waals surface area (Å²) in [5.41, 5.74) is 3.00. The van der Waals surface area contributed by atoms with Crippen molar-refractivity contribution < 1.29 is 13.2 Å². The highest BCUT2D eigenvalue weighted by Crippen LogP contribution is 2.22. The van der Waals surface area contributed by atoms with Crippen LogP contribution in [0.3, 0.4) is 0 Å². The van der Waals surface area contributed by atoms with Crippen molar-refractivity contribution in [3.05, 3.63) is 89.5 Å². The number of carbonyl (C=O) groups is 1. The third kappa shape index (κ3) is 4.35. The molecule has 2 N–H and O–H groups in total. The van der Waals surface area contributed by atoms with Gasteiger partial charge in [0.1, 0.15) is 0 Å². The summed E-state index contributed by atoms with van der Waals surface area (Å²) in [6.45, 7) is 3.78. The summed E-state index contributed by atoms with van der Waals surface area (Å²) in [5.74, 6) is -0.389. The SMILES string of the molecule is Cc1ccc(S(=O)(=O)Nc2ccccc2C(=O)Nc2ccccc2)cc1C. The average molecular weight is 380 g/mol. The number of hydrogen-bond acceptors (Lipinski definition) is 3. The first-order chi connectivity index (χ1) is 12.9. The van der Waals surface area contributed by atoms with E-state index in [1.54, 1.807) is 54.6 Å². The molecule has 0 unspecified atom stereocenters. The molecule has 0 aliphatic heterocycles. The molecular weight excluding hydrogens is 360 g/mol. The number of benzene rings is 3. The topological polar surface area (TPSA) is 75.3 Å². The van der Waals surface area contributed by atoms with Gasteiger partial charge < -0.3 is 5.32 Å². The van der Waals surface area contributed by atoms with Crippen molar-refractivity contribution in [2.45, 2.75) is 18.7 Å². The van der Waals surface area contributed by atoms with Gasteiger partial charge in [-0.2, -0.15) is 0 Å². The van der Waals surface area contributed by atoms with Gasteiger partial charge in [0, 0.05) is 5.69 Å². The van der Waals surface area contributed by atoms with Crippen molar-refractivity contribution in [2.75, 3.05) is 10.0 Å². The Morgan fingerprint density at radius 2 is 1.48 bits per heavy atom. The molecule has 0 saturated carbocycles. The summed E-state index contributed by atoms with van der Waals surface area (Å²) in [6.07, 6.45) is 0. The van der Waals surface area contributed by atoms with Crippen molar-refractivity contribution >= 4 is 27.3 Å². The third-order valence-corrected chi connectivity index (χ3v) is 5.60. The molecule has 0 radical (unpaired) electrons. The fraction of sp³-hybridized carbons (Fsp3) is 0.0952. The van der Waals surface area contributed by atoms with Crippen LogP contribution in [-0.2, 0) is 10.0 Å². The molecule has 3 aromatic carbocycles. The van der Waals surface area contributed by atoms with Gasteiger partial charge in [-0.25, -0.2) is 8.42 Å². The van der Waals surface area contributed by atoms with Crippen LogP contribution in [0.1, 0.15) is 21.5 Å². The quantitative estimate of drug-likeness (QED) is 0.691. The van der Waals surface area contributed by atoms with Crippen LogP contribution >= 0.6 is 0 Å². The molecule has 5 nitrogen and oxygen atoms in total. The maximum absolute atomic E-state index is 12.8. The Balaban J connectivity index is 1.89. The fourth-order valence-corrected chi connectivity index (χ4v) is 3.74. The summed E-state index contributed by atoms with van der Waals surface area (Å²) in [4.78, 5) is 12.8. The molecule has 0 bridgehead atoms. The Bertz CT molecular complexity index is 1080. The van der Waals surface area contributed by atoms with Gasteiger partial charge in [-0.05, 0) is 61.4 Å². The van der Waals surface area contributed by atoms with Crippen LogP contribution in [0.4, 0.5) is 11.4 Å². The highest BCUT2D eigenvalue weighted by Gasteiger charge is 2.19. The lowest BCUT2D eigenvalue weighted by Gasteiger charge is -2.13. The molecular formula is C21H20N2O3S. The van der Waals surface area contributed by atoms with Crippen LogP contribution in [0, 0.1) is 13.8 Å². The smallest absolute Gasteiger partial charge is 0.261 e. The first-order valence-corrected chi connectivity index (χ1v) is 9.90. The predicted octanol–water partition coefficient (Wildman–Crippen LogP) is 4.36. The lowest BCUT2D eigenvalue weighted by molar-refractivity contribution is 0.102. The summed E-state index contributed by atoms with van der Waals surface area (Å²) in [5, 5.41) is 2.77. The molecule has 0 aromatic heterocycles. The Kier molecular flexibility index (Phi) is 5.28. The van der Waals surface area contributed by atoms with Crippen LogP contribution in [-0.4, -0.2) is 14.3 Å². The molecule has 0 fully saturated rings. The number of sulfonamides is 1. The standard InChI is InChI=1S/C21H20N2O3S/c1-15-12-13-18(14-16(15)2)27(25,26)23-20-11-7-6-10-19(20)21(24)22-17-8-4-3-5-9-17/h3-14,23H,1-2H3,(H,22,24). The predicted molar refractivity (Wildman–Crippen MR) is 108 cm³/mol. The molecule has 27 heavy (non-hydrogen) atoms. The van der Waals surface area contributed by atoms with E-state index in [1.807, 2.05) is 32.0 Å². The van der Waals surface area contributed by atoms with Crippen LogP contribution in [0.2, 0.25) is 0 Å². The zero-order chi connectivity index (χ0) is 19.4. The monoisotopic (exact) mass is 380 g/mol. The minimum Gasteiger partial charge on any atom is -0.322 e. The molecule has 6 heteroatoms. The van der Waals surface area contributed by atoms with Gasteiger partial charge in [0.05, 0.1) is 16.1 Å². The van der Waals surface area contributed by atoms with Gasteiger partial charge in [0.2, 0.25) is 0 Å². The van der Waals surface area contributed by atoms with Gasteiger partial charge in [-0.3, -0.25) is 9.52 Å². The maximum atomic E-state index is 12.8. The highest BCUT2D eigenvalue weighted by atomic mass is 32.2. The lowest BCUT2D eigenvalue weighted by atomic mass is 10.1. The van der Waals surface area contributed by atoms with E-state index in [9.17, 15) is 13.2 Å². The van der Waals surface area contributed by atoms with E-state index >= 15 is 0 Å². The first kappa shape index (κ1) is 18.7. The Hall–Kier alpha value is -3.12. The van der Waals surface area contributed by atoms with Crippen molar-refractivity contribution in [1.29, 1.82) is 0 Å². The maximum Gasteiger partial charge on any atom is 0.261 e. The summed E-state index contributed by atoms with van der Waals surface area (Å²) in [6, 6.07) is 20.4. The van der Waals surface area contributed by atoms with E-state index in [1.165, 1.54) is 0 Å². The molecule has 0 spiro atoms. The number of rotatable bonds is 5. The van der Waals surface area contributed by atoms with E-state index in [0.29, 0.717) is 5.69 Å². The van der Waals surface area contributed by atoms with E-state index in [2.05, 4.69) is 10.0 Å². The van der Waals surface area contributed by atoms with Crippen LogP contribution in [0.15, 0.2) is 77.7 Å². The second-order valence-corrected chi connectivity index (χ2v) is 7.90. The molecule has 0 aliphatic carbocycles. The zero-order valence-electron chi connectivity index (χ0n) is 15.1. The highest BCUT2D eigenvalue weighted by molar-refractivity contribution is 7.92. The molecule has 3 rings (SSSR count). The number of para-hydroxylation sites is 2. The minimum absolute atomic E-state index is 0.156. The average Bonchev–Trinajstić information content (AvgIpc) is 2.65. The molecule has 3 aromatic rings. The van der Waals surface area contributed by atoms with Crippen molar-refractivity contribution in [2.24, 2.45) is 0 Å². The Labute approximate surface area is 159 Å². The molecule has 0 aliphatic rings. The normalized spacial score (nSPS) is 11.0. The number of nitrogens with one attached hydrogen (secondary N) is 2. The lowest BCUT2D eigenvalue weighted by Crippen LogP contribution is -2.18. The molecule has 0 heterocycles. The Morgan fingerprint density at radius 3 is 2.19 bits per heavy atom. The van der Waals surface area contributed by atoms with Crippen molar-refractivity contribution in [3.63, 3.8) is 0 Å². The zero-order valence-corrected chi connectivity index (χ0v) is 15.9.